The summed E-state index contributed by atoms with van der Waals surface area (Å²) < 4.78 is 1.42. The van der Waals surface area contributed by atoms with Gasteiger partial charge in [-0.05, 0) is 37.8 Å². The zero-order chi connectivity index (χ0) is 18.8. The van der Waals surface area contributed by atoms with Crippen molar-refractivity contribution in [1.29, 1.82) is 0 Å². The zero-order valence-corrected chi connectivity index (χ0v) is 19.1. The van der Waals surface area contributed by atoms with Crippen LogP contribution in [0.1, 0.15) is 79.1 Å². The van der Waals surface area contributed by atoms with Gasteiger partial charge in [-0.2, -0.15) is 0 Å². The average Bonchev–Trinajstić information content (AvgIpc) is 2.88. The molecular weight excluding hydrogens is 388 g/mol. The smallest absolute Gasteiger partial charge is 0.196 e. The van der Waals surface area contributed by atoms with E-state index in [1.54, 1.807) is 18.3 Å². The van der Waals surface area contributed by atoms with Crippen molar-refractivity contribution in [3.8, 4) is 0 Å². The molecule has 0 bridgehead atoms. The van der Waals surface area contributed by atoms with Gasteiger partial charge in [0.05, 0.1) is 32.4 Å². The van der Waals surface area contributed by atoms with Crippen LogP contribution in [-0.2, 0) is 0 Å². The van der Waals surface area contributed by atoms with Gasteiger partial charge in [-0.1, -0.05) is 59.4 Å². The van der Waals surface area contributed by atoms with Crippen LogP contribution in [-0.4, -0.2) is 35.6 Å². The summed E-state index contributed by atoms with van der Waals surface area (Å²) in [5.74, 6) is 0. The third-order valence-electron chi connectivity index (χ3n) is 4.69. The molecule has 0 fully saturated rings. The number of hydrogen-bond donors (Lipinski definition) is 0. The topological polar surface area (TPSA) is 30.0 Å². The Hall–Kier alpha value is -0.740. The second-order valence-electron chi connectivity index (χ2n) is 7.03. The molecule has 4 heteroatoms. The minimum absolute atomic E-state index is 0. The lowest BCUT2D eigenvalue weighted by atomic mass is 10.1. The van der Waals surface area contributed by atoms with E-state index in [0.717, 1.165) is 0 Å². The molecule has 152 valence electrons. The van der Waals surface area contributed by atoms with Crippen LogP contribution in [0.25, 0.3) is 0 Å². The highest BCUT2D eigenvalue weighted by Crippen LogP contribution is 2.16. The lowest BCUT2D eigenvalue weighted by Crippen LogP contribution is -3.00. The summed E-state index contributed by atoms with van der Waals surface area (Å²) in [5, 5.41) is 0. The Morgan fingerprint density at radius 2 is 1.19 bits per heavy atom. The number of hydrogen-bond acceptors (Lipinski definition) is 2. The van der Waals surface area contributed by atoms with Gasteiger partial charge < -0.3 is 21.5 Å². The minimum atomic E-state index is -0.0602. The van der Waals surface area contributed by atoms with Crippen LogP contribution in [0, 0.1) is 0 Å². The second kappa shape index (κ2) is 19.0. The van der Waals surface area contributed by atoms with Gasteiger partial charge in [0.15, 0.2) is 5.43 Å². The predicted molar refractivity (Wildman–Crippen MR) is 110 cm³/mol. The van der Waals surface area contributed by atoms with Gasteiger partial charge in [-0.25, -0.2) is 0 Å². The molecule has 0 aliphatic rings. The Balaban J connectivity index is 0. The Morgan fingerprint density at radius 3 is 1.58 bits per heavy atom. The highest BCUT2D eigenvalue weighted by Gasteiger charge is 2.24. The maximum Gasteiger partial charge on any atom is 0.196 e. The quantitative estimate of drug-likeness (QED) is 0.478. The fourth-order valence-electron chi connectivity index (χ4n) is 3.05. The molecule has 1 aromatic heterocycles. The van der Waals surface area contributed by atoms with E-state index in [1.165, 1.54) is 94.3 Å². The van der Waals surface area contributed by atoms with E-state index >= 15 is 0 Å². The Kier molecular flexibility index (Phi) is 20.1. The molecule has 0 radical (unpaired) electrons. The first-order valence-electron chi connectivity index (χ1n) is 10.4. The van der Waals surface area contributed by atoms with Crippen molar-refractivity contribution in [2.45, 2.75) is 79.1 Å². The molecule has 0 N–H and O–H groups in total. The SMILES string of the molecule is CCCC[N+](CCCC)(CCCC)CCCC.O=c1ccccnc1.[Br-]. The monoisotopic (exact) mass is 428 g/mol. The van der Waals surface area contributed by atoms with Crippen LogP contribution < -0.4 is 22.4 Å². The summed E-state index contributed by atoms with van der Waals surface area (Å²) >= 11 is 0. The van der Waals surface area contributed by atoms with Gasteiger partial charge in [0.2, 0.25) is 0 Å². The Morgan fingerprint density at radius 1 is 0.769 bits per heavy atom. The Labute approximate surface area is 172 Å². The van der Waals surface area contributed by atoms with Crippen molar-refractivity contribution in [1.82, 2.24) is 4.98 Å². The fraction of sp³-hybridized carbons (Fsp3) is 0.727. The number of aromatic nitrogens is 1. The van der Waals surface area contributed by atoms with Crippen LogP contribution in [0.3, 0.4) is 0 Å². The molecule has 0 unspecified atom stereocenters. The first-order chi connectivity index (χ1) is 12.1. The van der Waals surface area contributed by atoms with Gasteiger partial charge in [0.25, 0.3) is 0 Å². The third kappa shape index (κ3) is 14.4. The summed E-state index contributed by atoms with van der Waals surface area (Å²) in [6.45, 7) is 15.0. The minimum Gasteiger partial charge on any atom is -1.00 e. The standard InChI is InChI=1S/C16H36N.C6H5NO.BrH/c1-5-9-13-17(14-10-6-2,15-11-7-3)16-12-8-4;8-6-3-1-2-4-7-5-6;/h5-16H2,1-4H3;1-5H;1H/q+1;;/p-1. The maximum absolute atomic E-state index is 10.4. The highest BCUT2D eigenvalue weighted by atomic mass is 79.9. The molecule has 0 atom stereocenters. The van der Waals surface area contributed by atoms with Gasteiger partial charge in [0, 0.05) is 6.20 Å². The van der Waals surface area contributed by atoms with E-state index in [9.17, 15) is 4.79 Å². The van der Waals surface area contributed by atoms with E-state index in [1.807, 2.05) is 0 Å². The first kappa shape index (κ1) is 27.5. The number of halogens is 1. The largest absolute Gasteiger partial charge is 1.00 e. The van der Waals surface area contributed by atoms with E-state index in [0.29, 0.717) is 0 Å². The summed E-state index contributed by atoms with van der Waals surface area (Å²) in [5.41, 5.74) is -0.0602. The molecule has 0 spiro atoms. The lowest BCUT2D eigenvalue weighted by Gasteiger charge is -2.39. The van der Waals surface area contributed by atoms with E-state index < -0.39 is 0 Å². The molecule has 1 heterocycles. The van der Waals surface area contributed by atoms with Crippen molar-refractivity contribution >= 4 is 0 Å². The molecule has 0 saturated heterocycles. The van der Waals surface area contributed by atoms with Crippen LogP contribution in [0.2, 0.25) is 0 Å². The molecule has 3 nitrogen and oxygen atoms in total. The molecule has 0 aromatic carbocycles. The lowest BCUT2D eigenvalue weighted by molar-refractivity contribution is -0.929. The van der Waals surface area contributed by atoms with Crippen molar-refractivity contribution in [3.05, 3.63) is 40.8 Å². The van der Waals surface area contributed by atoms with Crippen molar-refractivity contribution in [2.24, 2.45) is 0 Å². The number of rotatable bonds is 12. The third-order valence-corrected chi connectivity index (χ3v) is 4.69. The normalized spacial score (nSPS) is 10.5. The molecule has 26 heavy (non-hydrogen) atoms. The molecule has 0 saturated carbocycles. The summed E-state index contributed by atoms with van der Waals surface area (Å²) in [6.07, 6.45) is 13.9. The van der Waals surface area contributed by atoms with Crippen molar-refractivity contribution in [2.75, 3.05) is 26.2 Å². The van der Waals surface area contributed by atoms with Crippen LogP contribution in [0.5, 0.6) is 0 Å². The number of quaternary nitrogens is 1. The summed E-state index contributed by atoms with van der Waals surface area (Å²) in [4.78, 5) is 14.0. The van der Waals surface area contributed by atoms with Crippen LogP contribution >= 0.6 is 0 Å². The van der Waals surface area contributed by atoms with Gasteiger partial charge in [0.1, 0.15) is 0 Å². The highest BCUT2D eigenvalue weighted by molar-refractivity contribution is 4.91. The molecule has 0 amide bonds. The molecule has 1 aromatic rings. The van der Waals surface area contributed by atoms with E-state index in [2.05, 4.69) is 32.7 Å². The fourth-order valence-corrected chi connectivity index (χ4v) is 3.05. The summed E-state index contributed by atoms with van der Waals surface area (Å²) in [6, 6.07) is 4.84. The van der Waals surface area contributed by atoms with Gasteiger partial charge in [-0.15, -0.1) is 0 Å². The first-order valence-corrected chi connectivity index (χ1v) is 10.4. The van der Waals surface area contributed by atoms with Crippen molar-refractivity contribution in [3.63, 3.8) is 0 Å². The van der Waals surface area contributed by atoms with Crippen LogP contribution in [0.15, 0.2) is 35.4 Å². The van der Waals surface area contributed by atoms with Crippen LogP contribution in [0.4, 0.5) is 0 Å². The molecular formula is C22H41BrN2O. The summed E-state index contributed by atoms with van der Waals surface area (Å²) in [7, 11) is 0. The van der Waals surface area contributed by atoms with Crippen molar-refractivity contribution < 1.29 is 21.5 Å². The average molecular weight is 429 g/mol. The predicted octanol–water partition coefficient (Wildman–Crippen LogP) is 2.45. The van der Waals surface area contributed by atoms with E-state index in [4.69, 9.17) is 0 Å². The van der Waals surface area contributed by atoms with Gasteiger partial charge in [-0.3, -0.25) is 9.78 Å². The molecule has 1 rings (SSSR count). The molecule has 0 aliphatic carbocycles. The Bertz CT molecular complexity index is 408. The van der Waals surface area contributed by atoms with E-state index in [-0.39, 0.29) is 22.4 Å². The zero-order valence-electron chi connectivity index (χ0n) is 17.6. The van der Waals surface area contributed by atoms with Gasteiger partial charge >= 0.3 is 0 Å². The number of nitrogens with zero attached hydrogens (tertiary/aromatic N) is 2. The second-order valence-corrected chi connectivity index (χ2v) is 7.03. The maximum atomic E-state index is 10.4. The molecule has 0 aliphatic heterocycles. The number of unbranched alkanes of at least 4 members (excludes halogenated alkanes) is 4.